The Balaban J connectivity index is 0.000000404. The molecule has 4 rings (SSSR count). The molecule has 2 aliphatic heterocycles. The quantitative estimate of drug-likeness (QED) is 0.428. The lowest BCUT2D eigenvalue weighted by Crippen LogP contribution is -2.54. The van der Waals surface area contributed by atoms with Gasteiger partial charge in [0.25, 0.3) is 5.91 Å². The first-order valence-corrected chi connectivity index (χ1v) is 13.4. The highest BCUT2D eigenvalue weighted by atomic mass is 35.5. The zero-order chi connectivity index (χ0) is 28.6. The zero-order valence-electron chi connectivity index (χ0n) is 22.0. The average molecular weight is 577 g/mol. The summed E-state index contributed by atoms with van der Waals surface area (Å²) in [4.78, 5) is 38.4. The van der Waals surface area contributed by atoms with Crippen molar-refractivity contribution in [3.63, 3.8) is 0 Å². The minimum Gasteiger partial charge on any atom is -0.395 e. The molecule has 0 aromatic heterocycles. The molecule has 2 aromatic carbocycles. The maximum absolute atomic E-state index is 12.6. The first kappa shape index (κ1) is 31.8. The van der Waals surface area contributed by atoms with Crippen LogP contribution in [0, 0.1) is 5.92 Å². The lowest BCUT2D eigenvalue weighted by molar-refractivity contribution is -0.138. The summed E-state index contributed by atoms with van der Waals surface area (Å²) in [6, 6.07) is 16.4. The number of amidine groups is 1. The van der Waals surface area contributed by atoms with Crippen molar-refractivity contribution < 1.29 is 19.5 Å². The van der Waals surface area contributed by atoms with Gasteiger partial charge in [-0.15, -0.1) is 6.58 Å². The Hall–Kier alpha value is -3.40. The molecule has 0 saturated carbocycles. The number of halogens is 2. The van der Waals surface area contributed by atoms with Crippen LogP contribution in [-0.2, 0) is 14.4 Å². The van der Waals surface area contributed by atoms with E-state index < -0.39 is 0 Å². The minimum absolute atomic E-state index is 0.0764. The van der Waals surface area contributed by atoms with Crippen molar-refractivity contribution in [3.8, 4) is 0 Å². The molecule has 2 heterocycles. The molecule has 11 heteroatoms. The van der Waals surface area contributed by atoms with Gasteiger partial charge >= 0.3 is 0 Å². The Labute approximate surface area is 239 Å². The van der Waals surface area contributed by atoms with Gasteiger partial charge in [0, 0.05) is 35.2 Å². The highest BCUT2D eigenvalue weighted by molar-refractivity contribution is 6.31. The second-order valence-electron chi connectivity index (χ2n) is 8.65. The van der Waals surface area contributed by atoms with Crippen LogP contribution in [0.15, 0.2) is 72.4 Å². The second kappa shape index (κ2) is 17.2. The molecule has 0 radical (unpaired) electrons. The highest BCUT2D eigenvalue weighted by Gasteiger charge is 2.35. The summed E-state index contributed by atoms with van der Waals surface area (Å²) in [6.45, 7) is 5.79. The number of fused-ring (bicyclic) bond motifs is 1. The van der Waals surface area contributed by atoms with Crippen molar-refractivity contribution >= 4 is 52.4 Å². The van der Waals surface area contributed by atoms with Crippen LogP contribution in [0.5, 0.6) is 0 Å². The molecule has 0 spiro atoms. The zero-order valence-corrected chi connectivity index (χ0v) is 23.5. The summed E-state index contributed by atoms with van der Waals surface area (Å²) < 4.78 is 0. The molecule has 39 heavy (non-hydrogen) atoms. The predicted octanol–water partition coefficient (Wildman–Crippen LogP) is 4.18. The SMILES string of the molecule is C=CCC.Clc1ccccc1.O=C(CN1N=C2CCC(C(=O)Nc3cccc(Cl)c3)CN2CC1=O)NCCO. The van der Waals surface area contributed by atoms with Gasteiger partial charge in [-0.3, -0.25) is 14.4 Å². The number of hydrogen-bond acceptors (Lipinski definition) is 6. The van der Waals surface area contributed by atoms with Crippen molar-refractivity contribution in [2.45, 2.75) is 26.2 Å². The number of benzene rings is 2. The summed E-state index contributed by atoms with van der Waals surface area (Å²) in [7, 11) is 0. The lowest BCUT2D eigenvalue weighted by Gasteiger charge is -2.38. The van der Waals surface area contributed by atoms with Gasteiger partial charge in [0.05, 0.1) is 12.5 Å². The molecule has 1 unspecified atom stereocenters. The summed E-state index contributed by atoms with van der Waals surface area (Å²) in [5.74, 6) is -0.389. The third kappa shape index (κ3) is 11.5. The summed E-state index contributed by atoms with van der Waals surface area (Å²) in [6.07, 6.45) is 4.09. The fourth-order valence-electron chi connectivity index (χ4n) is 3.58. The van der Waals surface area contributed by atoms with E-state index in [2.05, 4.69) is 29.2 Å². The molecule has 9 nitrogen and oxygen atoms in total. The molecule has 3 N–H and O–H groups in total. The van der Waals surface area contributed by atoms with Crippen molar-refractivity contribution in [2.75, 3.05) is 38.1 Å². The van der Waals surface area contributed by atoms with Crippen molar-refractivity contribution in [2.24, 2.45) is 11.0 Å². The van der Waals surface area contributed by atoms with E-state index in [1.54, 1.807) is 29.2 Å². The van der Waals surface area contributed by atoms with E-state index in [0.717, 1.165) is 16.5 Å². The fraction of sp³-hybridized carbons (Fsp3) is 0.357. The molecular formula is C28H35Cl2N5O4. The van der Waals surface area contributed by atoms with Crippen LogP contribution in [0.1, 0.15) is 26.2 Å². The Morgan fingerprint density at radius 3 is 2.44 bits per heavy atom. The summed E-state index contributed by atoms with van der Waals surface area (Å²) in [5, 5.41) is 20.8. The first-order valence-electron chi connectivity index (χ1n) is 12.7. The third-order valence-electron chi connectivity index (χ3n) is 5.58. The van der Waals surface area contributed by atoms with E-state index in [1.807, 2.05) is 36.4 Å². The number of carbonyl (C=O) groups excluding carboxylic acids is 3. The second-order valence-corrected chi connectivity index (χ2v) is 9.52. The Kier molecular flexibility index (Phi) is 14.1. The van der Waals surface area contributed by atoms with Crippen LogP contribution in [-0.4, -0.2) is 71.4 Å². The fourth-order valence-corrected chi connectivity index (χ4v) is 3.92. The normalized spacial score (nSPS) is 15.8. The van der Waals surface area contributed by atoms with Gasteiger partial charge in [0.2, 0.25) is 11.8 Å². The Morgan fingerprint density at radius 2 is 1.85 bits per heavy atom. The summed E-state index contributed by atoms with van der Waals surface area (Å²) >= 11 is 11.5. The van der Waals surface area contributed by atoms with E-state index in [1.165, 1.54) is 0 Å². The van der Waals surface area contributed by atoms with Crippen molar-refractivity contribution in [1.82, 2.24) is 15.2 Å². The molecule has 210 valence electrons. The number of aliphatic hydroxyl groups is 1. The molecule has 3 amide bonds. The van der Waals surface area contributed by atoms with Crippen LogP contribution in [0.25, 0.3) is 0 Å². The van der Waals surface area contributed by atoms with Gasteiger partial charge < -0.3 is 20.6 Å². The van der Waals surface area contributed by atoms with Crippen LogP contribution < -0.4 is 10.6 Å². The number of hydrogen-bond donors (Lipinski definition) is 3. The number of allylic oxidation sites excluding steroid dienone is 1. The van der Waals surface area contributed by atoms with Gasteiger partial charge in [0.1, 0.15) is 18.9 Å². The number of amides is 3. The summed E-state index contributed by atoms with van der Waals surface area (Å²) in [5.41, 5.74) is 0.631. The number of anilines is 1. The Morgan fingerprint density at radius 1 is 1.15 bits per heavy atom. The molecule has 2 aromatic rings. The number of rotatable bonds is 7. The first-order chi connectivity index (χ1) is 18.8. The number of piperidine rings is 1. The largest absolute Gasteiger partial charge is 0.395 e. The molecule has 0 aliphatic carbocycles. The molecule has 0 bridgehead atoms. The minimum atomic E-state index is -0.380. The number of hydrazone groups is 1. The van der Waals surface area contributed by atoms with Gasteiger partial charge in [-0.05, 0) is 43.2 Å². The molecule has 1 fully saturated rings. The van der Waals surface area contributed by atoms with Crippen LogP contribution in [0.4, 0.5) is 5.69 Å². The van der Waals surface area contributed by atoms with Crippen molar-refractivity contribution in [1.29, 1.82) is 0 Å². The number of carbonyl (C=O) groups is 3. The van der Waals surface area contributed by atoms with Gasteiger partial charge in [-0.2, -0.15) is 5.10 Å². The number of nitrogens with one attached hydrogen (secondary N) is 2. The number of aliphatic hydroxyl groups excluding tert-OH is 1. The lowest BCUT2D eigenvalue weighted by atomic mass is 9.95. The Bertz CT molecular complexity index is 1130. The van der Waals surface area contributed by atoms with Crippen LogP contribution in [0.2, 0.25) is 10.0 Å². The smallest absolute Gasteiger partial charge is 0.262 e. The monoisotopic (exact) mass is 575 g/mol. The molecule has 1 atom stereocenters. The van der Waals surface area contributed by atoms with Gasteiger partial charge in [-0.25, -0.2) is 5.01 Å². The molecular weight excluding hydrogens is 541 g/mol. The highest BCUT2D eigenvalue weighted by Crippen LogP contribution is 2.24. The maximum atomic E-state index is 12.6. The molecule has 1 saturated heterocycles. The van der Waals surface area contributed by atoms with Crippen LogP contribution in [0.3, 0.4) is 0 Å². The standard InChI is InChI=1S/C18H22ClN5O4.C6H5Cl.C4H8/c19-13-2-1-3-14(8-13)21-18(28)12-4-5-15-22-24(10-16(26)20-6-7-25)17(27)11-23(15)9-12;7-6-4-2-1-3-5-6;1-3-4-2/h1-3,8,12,25H,4-7,9-11H2,(H,20,26)(H,21,28);1-5H;3H,1,4H2,2H3. The van der Waals surface area contributed by atoms with Gasteiger partial charge in [-0.1, -0.05) is 60.5 Å². The van der Waals surface area contributed by atoms with E-state index in [-0.39, 0.29) is 49.9 Å². The molecule has 2 aliphatic rings. The van der Waals surface area contributed by atoms with E-state index in [0.29, 0.717) is 35.9 Å². The van der Waals surface area contributed by atoms with Gasteiger partial charge in [0.15, 0.2) is 0 Å². The van der Waals surface area contributed by atoms with Crippen molar-refractivity contribution in [3.05, 3.63) is 77.3 Å². The van der Waals surface area contributed by atoms with Crippen LogP contribution >= 0.6 is 23.2 Å². The maximum Gasteiger partial charge on any atom is 0.262 e. The predicted molar refractivity (Wildman–Crippen MR) is 156 cm³/mol. The average Bonchev–Trinajstić information content (AvgIpc) is 2.93. The number of nitrogens with zero attached hydrogens (tertiary/aromatic N) is 3. The van der Waals surface area contributed by atoms with E-state index in [9.17, 15) is 14.4 Å². The van der Waals surface area contributed by atoms with E-state index >= 15 is 0 Å². The topological polar surface area (TPSA) is 114 Å². The third-order valence-corrected chi connectivity index (χ3v) is 6.07. The van der Waals surface area contributed by atoms with E-state index in [4.69, 9.17) is 28.3 Å².